The summed E-state index contributed by atoms with van der Waals surface area (Å²) in [5.41, 5.74) is -0.406. The third-order valence-electron chi connectivity index (χ3n) is 1.44. The van der Waals surface area contributed by atoms with Gasteiger partial charge in [-0.25, -0.2) is 9.89 Å². The molecule has 1 aromatic heterocycles. The molecule has 0 saturated heterocycles. The monoisotopic (exact) mass is 202 g/mol. The van der Waals surface area contributed by atoms with Gasteiger partial charge in [0.1, 0.15) is 6.54 Å². The molecule has 1 rings (SSSR count). The van der Waals surface area contributed by atoms with Gasteiger partial charge in [0.15, 0.2) is 4.77 Å². The van der Waals surface area contributed by atoms with Crippen LogP contribution in [0.2, 0.25) is 0 Å². The first kappa shape index (κ1) is 9.72. The van der Waals surface area contributed by atoms with Crippen molar-refractivity contribution >= 4 is 18.1 Å². The van der Waals surface area contributed by atoms with E-state index in [0.717, 1.165) is 4.57 Å². The van der Waals surface area contributed by atoms with E-state index in [0.29, 0.717) is 6.54 Å². The van der Waals surface area contributed by atoms with E-state index in [1.165, 1.54) is 0 Å². The lowest BCUT2D eigenvalue weighted by atomic mass is 10.5. The molecule has 0 bridgehead atoms. The van der Waals surface area contributed by atoms with Gasteiger partial charge in [0.25, 0.3) is 0 Å². The summed E-state index contributed by atoms with van der Waals surface area (Å²) in [4.78, 5) is 22.1. The lowest BCUT2D eigenvalue weighted by molar-refractivity contribution is -0.121. The molecule has 0 saturated carbocycles. The van der Waals surface area contributed by atoms with Crippen molar-refractivity contribution in [1.29, 1.82) is 0 Å². The van der Waals surface area contributed by atoms with Crippen LogP contribution in [0.1, 0.15) is 6.92 Å². The second-order valence-corrected chi connectivity index (χ2v) is 2.79. The summed E-state index contributed by atoms with van der Waals surface area (Å²) in [6.07, 6.45) is 0. The van der Waals surface area contributed by atoms with Crippen LogP contribution in [0.4, 0.5) is 0 Å². The number of hydrogen-bond donors (Lipinski definition) is 3. The SMILES string of the molecule is CCNC(=O)Cn1c(=O)[nH][nH]c1=S. The number of amides is 1. The molecule has 1 aromatic rings. The highest BCUT2D eigenvalue weighted by Gasteiger charge is 2.04. The Kier molecular flexibility index (Phi) is 3.02. The summed E-state index contributed by atoms with van der Waals surface area (Å²) in [7, 11) is 0. The van der Waals surface area contributed by atoms with Crippen LogP contribution in [0.5, 0.6) is 0 Å². The Hall–Kier alpha value is -1.37. The number of nitrogens with zero attached hydrogens (tertiary/aromatic N) is 1. The quantitative estimate of drug-likeness (QED) is 0.571. The topological polar surface area (TPSA) is 82.7 Å². The number of likely N-dealkylation sites (N-methyl/N-ethyl adjacent to an activating group) is 1. The maximum Gasteiger partial charge on any atom is 0.342 e. The molecule has 6 nitrogen and oxygen atoms in total. The predicted octanol–water partition coefficient (Wildman–Crippen LogP) is -0.630. The average Bonchev–Trinajstić information content (AvgIpc) is 2.36. The normalized spacial score (nSPS) is 9.92. The van der Waals surface area contributed by atoms with Crippen LogP contribution in [0.3, 0.4) is 0 Å². The van der Waals surface area contributed by atoms with Crippen molar-refractivity contribution in [3.63, 3.8) is 0 Å². The predicted molar refractivity (Wildman–Crippen MR) is 48.9 cm³/mol. The molecule has 0 aliphatic carbocycles. The lowest BCUT2D eigenvalue weighted by Crippen LogP contribution is -2.31. The van der Waals surface area contributed by atoms with Crippen molar-refractivity contribution in [1.82, 2.24) is 20.1 Å². The van der Waals surface area contributed by atoms with E-state index in [2.05, 4.69) is 15.5 Å². The highest BCUT2D eigenvalue weighted by molar-refractivity contribution is 7.71. The summed E-state index contributed by atoms with van der Waals surface area (Å²) in [5.74, 6) is -0.233. The van der Waals surface area contributed by atoms with Gasteiger partial charge in [-0.05, 0) is 19.1 Å². The maximum atomic E-state index is 11.1. The van der Waals surface area contributed by atoms with E-state index in [1.54, 1.807) is 6.92 Å². The van der Waals surface area contributed by atoms with Gasteiger partial charge in [-0.1, -0.05) is 0 Å². The van der Waals surface area contributed by atoms with E-state index in [4.69, 9.17) is 12.2 Å². The van der Waals surface area contributed by atoms with Crippen LogP contribution in [0.25, 0.3) is 0 Å². The van der Waals surface area contributed by atoms with Gasteiger partial charge >= 0.3 is 5.69 Å². The molecule has 13 heavy (non-hydrogen) atoms. The Balaban J connectivity index is 2.80. The minimum Gasteiger partial charge on any atom is -0.355 e. The fraction of sp³-hybridized carbons (Fsp3) is 0.500. The van der Waals surface area contributed by atoms with Crippen molar-refractivity contribution in [2.45, 2.75) is 13.5 Å². The first-order valence-electron chi connectivity index (χ1n) is 3.79. The van der Waals surface area contributed by atoms with E-state index >= 15 is 0 Å². The van der Waals surface area contributed by atoms with E-state index in [9.17, 15) is 9.59 Å². The number of carbonyl (C=O) groups is 1. The molecule has 0 radical (unpaired) electrons. The third kappa shape index (κ3) is 2.28. The number of hydrogen-bond acceptors (Lipinski definition) is 3. The number of aromatic amines is 2. The van der Waals surface area contributed by atoms with Gasteiger partial charge in [-0.3, -0.25) is 14.5 Å². The Bertz CT molecular complexity index is 374. The van der Waals surface area contributed by atoms with Crippen molar-refractivity contribution in [3.8, 4) is 0 Å². The van der Waals surface area contributed by atoms with Gasteiger partial charge in [0, 0.05) is 6.54 Å². The minimum absolute atomic E-state index is 0.0501. The molecule has 1 amide bonds. The molecule has 0 aromatic carbocycles. The van der Waals surface area contributed by atoms with Crippen molar-refractivity contribution in [3.05, 3.63) is 15.3 Å². The second-order valence-electron chi connectivity index (χ2n) is 2.40. The van der Waals surface area contributed by atoms with Crippen LogP contribution in [0.15, 0.2) is 4.79 Å². The molecule has 3 N–H and O–H groups in total. The van der Waals surface area contributed by atoms with Crippen LogP contribution >= 0.6 is 12.2 Å². The zero-order valence-corrected chi connectivity index (χ0v) is 7.90. The number of carbonyl (C=O) groups excluding carboxylic acids is 1. The van der Waals surface area contributed by atoms with Gasteiger partial charge in [-0.15, -0.1) is 0 Å². The van der Waals surface area contributed by atoms with Crippen molar-refractivity contribution in [2.75, 3.05) is 6.54 Å². The molecule has 7 heteroatoms. The summed E-state index contributed by atoms with van der Waals surface area (Å²) >= 11 is 4.77. The Morgan fingerprint density at radius 2 is 2.31 bits per heavy atom. The van der Waals surface area contributed by atoms with Gasteiger partial charge in [0.05, 0.1) is 0 Å². The highest BCUT2D eigenvalue weighted by Crippen LogP contribution is 1.81. The minimum atomic E-state index is -0.406. The number of nitrogens with one attached hydrogen (secondary N) is 3. The molecule has 72 valence electrons. The molecule has 0 aliphatic heterocycles. The molecular formula is C6H10N4O2S. The zero-order valence-electron chi connectivity index (χ0n) is 7.09. The number of rotatable bonds is 3. The van der Waals surface area contributed by atoms with Gasteiger partial charge in [0.2, 0.25) is 5.91 Å². The lowest BCUT2D eigenvalue weighted by Gasteiger charge is -2.00. The smallest absolute Gasteiger partial charge is 0.342 e. The molecule has 0 unspecified atom stereocenters. The van der Waals surface area contributed by atoms with E-state index in [-0.39, 0.29) is 17.2 Å². The molecular weight excluding hydrogens is 192 g/mol. The molecule has 0 spiro atoms. The Morgan fingerprint density at radius 1 is 1.62 bits per heavy atom. The molecule has 0 atom stereocenters. The van der Waals surface area contributed by atoms with Crippen LogP contribution in [-0.4, -0.2) is 27.2 Å². The third-order valence-corrected chi connectivity index (χ3v) is 1.76. The number of aromatic nitrogens is 3. The fourth-order valence-corrected chi connectivity index (χ4v) is 1.07. The summed E-state index contributed by atoms with van der Waals surface area (Å²) in [6, 6.07) is 0. The van der Waals surface area contributed by atoms with Crippen molar-refractivity contribution < 1.29 is 4.79 Å². The molecule has 0 aliphatic rings. The zero-order chi connectivity index (χ0) is 9.84. The summed E-state index contributed by atoms with van der Waals surface area (Å²) in [5, 5.41) is 7.29. The first-order chi connectivity index (χ1) is 6.15. The van der Waals surface area contributed by atoms with Gasteiger partial charge < -0.3 is 5.32 Å². The Labute approximate surface area is 78.9 Å². The number of H-pyrrole nitrogens is 2. The Morgan fingerprint density at radius 3 is 2.77 bits per heavy atom. The molecule has 1 heterocycles. The second kappa shape index (κ2) is 4.04. The largest absolute Gasteiger partial charge is 0.355 e. The molecule has 0 fully saturated rings. The van der Waals surface area contributed by atoms with Crippen LogP contribution < -0.4 is 11.0 Å². The highest BCUT2D eigenvalue weighted by atomic mass is 32.1. The van der Waals surface area contributed by atoms with E-state index in [1.807, 2.05) is 0 Å². The summed E-state index contributed by atoms with van der Waals surface area (Å²) < 4.78 is 1.37. The van der Waals surface area contributed by atoms with E-state index < -0.39 is 5.69 Å². The fourth-order valence-electron chi connectivity index (χ4n) is 0.874. The summed E-state index contributed by atoms with van der Waals surface area (Å²) in [6.45, 7) is 2.29. The average molecular weight is 202 g/mol. The van der Waals surface area contributed by atoms with Crippen molar-refractivity contribution in [2.24, 2.45) is 0 Å². The maximum absolute atomic E-state index is 11.1. The standard InChI is InChI=1S/C6H10N4O2S/c1-2-7-4(11)3-10-5(12)8-9-6(10)13/h2-3H2,1H3,(H,7,11)(H,8,12)(H,9,13). The van der Waals surface area contributed by atoms with Gasteiger partial charge in [-0.2, -0.15) is 0 Å². The van der Waals surface area contributed by atoms with Crippen LogP contribution in [-0.2, 0) is 11.3 Å². The van der Waals surface area contributed by atoms with Crippen LogP contribution in [0, 0.1) is 4.77 Å². The first-order valence-corrected chi connectivity index (χ1v) is 4.20.